The monoisotopic (exact) mass is 497 g/mol. The van der Waals surface area contributed by atoms with Crippen LogP contribution in [0.25, 0.3) is 0 Å². The maximum Gasteiger partial charge on any atom is 0.257 e. The molecule has 3 atom stereocenters. The molecule has 1 N–H and O–H groups in total. The molecule has 194 valence electrons. The molecule has 1 aliphatic heterocycles. The SMILES string of the molecule is COCC(=O)Nc1ccc2c(c1)OC[C@H](C)N(C(=O)c1ccccc1)C[C@H](C)[C@@H](OC)CN(C)C2=O. The molecule has 9 nitrogen and oxygen atoms in total. The summed E-state index contributed by atoms with van der Waals surface area (Å²) in [5.74, 6) is -0.365. The number of carbonyl (C=O) groups is 3. The van der Waals surface area contributed by atoms with Crippen molar-refractivity contribution in [1.82, 2.24) is 9.80 Å². The molecular formula is C27H35N3O6. The maximum absolute atomic E-state index is 13.5. The largest absolute Gasteiger partial charge is 0.491 e. The van der Waals surface area contributed by atoms with Gasteiger partial charge in [-0.2, -0.15) is 0 Å². The lowest BCUT2D eigenvalue weighted by atomic mass is 10.0. The Morgan fingerprint density at radius 2 is 1.81 bits per heavy atom. The maximum atomic E-state index is 13.5. The number of likely N-dealkylation sites (N-methyl/N-ethyl adjacent to an activating group) is 1. The first-order chi connectivity index (χ1) is 17.2. The number of hydrogen-bond acceptors (Lipinski definition) is 6. The Morgan fingerprint density at radius 1 is 1.08 bits per heavy atom. The third kappa shape index (κ3) is 6.61. The highest BCUT2D eigenvalue weighted by atomic mass is 16.5. The summed E-state index contributed by atoms with van der Waals surface area (Å²) in [7, 11) is 4.76. The zero-order valence-electron chi connectivity index (χ0n) is 21.5. The van der Waals surface area contributed by atoms with Gasteiger partial charge in [-0.05, 0) is 31.2 Å². The highest BCUT2D eigenvalue weighted by Crippen LogP contribution is 2.27. The highest BCUT2D eigenvalue weighted by Gasteiger charge is 2.30. The van der Waals surface area contributed by atoms with Crippen molar-refractivity contribution in [3.05, 3.63) is 59.7 Å². The van der Waals surface area contributed by atoms with Crippen molar-refractivity contribution < 1.29 is 28.6 Å². The zero-order chi connectivity index (χ0) is 26.2. The van der Waals surface area contributed by atoms with E-state index in [0.717, 1.165) is 0 Å². The summed E-state index contributed by atoms with van der Waals surface area (Å²) in [6.07, 6.45) is -0.284. The second-order valence-electron chi connectivity index (χ2n) is 9.11. The van der Waals surface area contributed by atoms with Gasteiger partial charge in [0.05, 0.1) is 17.7 Å². The third-order valence-electron chi connectivity index (χ3n) is 6.29. The number of rotatable bonds is 5. The Hall–Kier alpha value is -3.43. The van der Waals surface area contributed by atoms with Crippen LogP contribution in [0.15, 0.2) is 48.5 Å². The van der Waals surface area contributed by atoms with Gasteiger partial charge in [-0.25, -0.2) is 0 Å². The van der Waals surface area contributed by atoms with Gasteiger partial charge in [0.1, 0.15) is 19.0 Å². The normalized spacial score (nSPS) is 21.0. The number of ether oxygens (including phenoxy) is 3. The fraction of sp³-hybridized carbons (Fsp3) is 0.444. The summed E-state index contributed by atoms with van der Waals surface area (Å²) >= 11 is 0. The van der Waals surface area contributed by atoms with Crippen molar-refractivity contribution in [3.63, 3.8) is 0 Å². The molecule has 2 aromatic rings. The number of nitrogens with zero attached hydrogens (tertiary/aromatic N) is 2. The Labute approximate surface area is 212 Å². The number of amides is 3. The molecule has 0 saturated heterocycles. The first-order valence-electron chi connectivity index (χ1n) is 11.9. The van der Waals surface area contributed by atoms with E-state index in [4.69, 9.17) is 14.2 Å². The Kier molecular flexibility index (Phi) is 9.44. The molecule has 1 aliphatic rings. The number of carbonyl (C=O) groups excluding carboxylic acids is 3. The number of fused-ring (bicyclic) bond motifs is 1. The van der Waals surface area contributed by atoms with Crippen LogP contribution in [0.2, 0.25) is 0 Å². The quantitative estimate of drug-likeness (QED) is 0.682. The number of anilines is 1. The van der Waals surface area contributed by atoms with Crippen LogP contribution in [0.4, 0.5) is 5.69 Å². The van der Waals surface area contributed by atoms with Crippen molar-refractivity contribution in [1.29, 1.82) is 0 Å². The standard InChI is InChI=1S/C27H35N3O6/c1-18-14-30(26(32)20-9-7-6-8-10-20)19(2)16-36-23-13-21(28-25(31)17-34-4)11-12-22(23)27(33)29(3)15-24(18)35-5/h6-13,18-19,24H,14-17H2,1-5H3,(H,28,31)/t18-,19-,24-/m0/s1. The van der Waals surface area contributed by atoms with Gasteiger partial charge < -0.3 is 29.3 Å². The van der Waals surface area contributed by atoms with E-state index in [1.54, 1.807) is 54.3 Å². The van der Waals surface area contributed by atoms with E-state index >= 15 is 0 Å². The summed E-state index contributed by atoms with van der Waals surface area (Å²) in [6, 6.07) is 13.7. The number of hydrogen-bond donors (Lipinski definition) is 1. The van der Waals surface area contributed by atoms with Gasteiger partial charge in [0.25, 0.3) is 11.8 Å². The van der Waals surface area contributed by atoms with Crippen molar-refractivity contribution in [2.45, 2.75) is 26.0 Å². The van der Waals surface area contributed by atoms with Crippen LogP contribution in [0.3, 0.4) is 0 Å². The second-order valence-corrected chi connectivity index (χ2v) is 9.11. The molecule has 0 aliphatic carbocycles. The molecule has 2 aromatic carbocycles. The first kappa shape index (κ1) is 27.2. The number of methoxy groups -OCH3 is 2. The molecular weight excluding hydrogens is 462 g/mol. The van der Waals surface area contributed by atoms with Gasteiger partial charge in [0, 0.05) is 57.6 Å². The van der Waals surface area contributed by atoms with Crippen molar-refractivity contribution in [2.24, 2.45) is 5.92 Å². The lowest BCUT2D eigenvalue weighted by molar-refractivity contribution is -0.119. The van der Waals surface area contributed by atoms with Crippen LogP contribution in [0, 0.1) is 5.92 Å². The molecule has 9 heteroatoms. The first-order valence-corrected chi connectivity index (χ1v) is 11.9. The van der Waals surface area contributed by atoms with Crippen LogP contribution >= 0.6 is 0 Å². The predicted molar refractivity (Wildman–Crippen MR) is 136 cm³/mol. The Balaban J connectivity index is 1.97. The fourth-order valence-corrected chi connectivity index (χ4v) is 4.21. The minimum Gasteiger partial charge on any atom is -0.491 e. The van der Waals surface area contributed by atoms with E-state index in [0.29, 0.717) is 35.7 Å². The van der Waals surface area contributed by atoms with E-state index in [9.17, 15) is 14.4 Å². The van der Waals surface area contributed by atoms with Gasteiger partial charge in [-0.3, -0.25) is 14.4 Å². The molecule has 0 fully saturated rings. The van der Waals surface area contributed by atoms with Crippen LogP contribution in [-0.4, -0.2) is 87.2 Å². The van der Waals surface area contributed by atoms with Crippen LogP contribution in [-0.2, 0) is 14.3 Å². The molecule has 0 bridgehead atoms. The smallest absolute Gasteiger partial charge is 0.257 e. The van der Waals surface area contributed by atoms with Crippen molar-refractivity contribution >= 4 is 23.4 Å². The zero-order valence-corrected chi connectivity index (χ0v) is 21.5. The summed E-state index contributed by atoms with van der Waals surface area (Å²) in [5.41, 5.74) is 1.43. The van der Waals surface area contributed by atoms with E-state index in [1.165, 1.54) is 7.11 Å². The van der Waals surface area contributed by atoms with Gasteiger partial charge in [-0.1, -0.05) is 25.1 Å². The number of benzene rings is 2. The van der Waals surface area contributed by atoms with Gasteiger partial charge in [0.2, 0.25) is 5.91 Å². The summed E-state index contributed by atoms with van der Waals surface area (Å²) in [6.45, 7) is 4.76. The van der Waals surface area contributed by atoms with Crippen LogP contribution in [0.5, 0.6) is 5.75 Å². The lowest BCUT2D eigenvalue weighted by Crippen LogP contribution is -2.48. The Morgan fingerprint density at radius 3 is 2.47 bits per heavy atom. The minimum atomic E-state index is -0.320. The summed E-state index contributed by atoms with van der Waals surface area (Å²) < 4.78 is 16.7. The summed E-state index contributed by atoms with van der Waals surface area (Å²) in [5, 5.41) is 2.73. The van der Waals surface area contributed by atoms with Gasteiger partial charge in [0.15, 0.2) is 0 Å². The van der Waals surface area contributed by atoms with E-state index < -0.39 is 0 Å². The topological polar surface area (TPSA) is 97.4 Å². The molecule has 1 heterocycles. The van der Waals surface area contributed by atoms with Crippen molar-refractivity contribution in [3.8, 4) is 5.75 Å². The van der Waals surface area contributed by atoms with Crippen LogP contribution in [0.1, 0.15) is 34.6 Å². The summed E-state index contributed by atoms with van der Waals surface area (Å²) in [4.78, 5) is 42.2. The molecule has 0 aromatic heterocycles. The average Bonchev–Trinajstić information content (AvgIpc) is 2.88. The molecule has 3 rings (SSSR count). The molecule has 0 spiro atoms. The second kappa shape index (κ2) is 12.5. The number of nitrogens with one attached hydrogen (secondary N) is 1. The average molecular weight is 498 g/mol. The van der Waals surface area contributed by atoms with Gasteiger partial charge in [-0.15, -0.1) is 0 Å². The third-order valence-corrected chi connectivity index (χ3v) is 6.29. The molecule has 0 saturated carbocycles. The molecule has 36 heavy (non-hydrogen) atoms. The lowest BCUT2D eigenvalue weighted by Gasteiger charge is -2.36. The fourth-order valence-electron chi connectivity index (χ4n) is 4.21. The minimum absolute atomic E-state index is 0.0439. The van der Waals surface area contributed by atoms with Crippen LogP contribution < -0.4 is 10.1 Å². The van der Waals surface area contributed by atoms with E-state index in [1.807, 2.05) is 32.0 Å². The molecule has 3 amide bonds. The van der Waals surface area contributed by atoms with Crippen molar-refractivity contribution in [2.75, 3.05) is 52.9 Å². The Bertz CT molecular complexity index is 1060. The molecule has 0 unspecified atom stereocenters. The molecule has 0 radical (unpaired) electrons. The van der Waals surface area contributed by atoms with E-state index in [2.05, 4.69) is 5.32 Å². The highest BCUT2D eigenvalue weighted by molar-refractivity contribution is 5.98. The van der Waals surface area contributed by atoms with Gasteiger partial charge >= 0.3 is 0 Å². The van der Waals surface area contributed by atoms with E-state index in [-0.39, 0.29) is 49.0 Å². The predicted octanol–water partition coefficient (Wildman–Crippen LogP) is 2.92.